The molecule has 0 spiro atoms. The van der Waals surface area contributed by atoms with Crippen molar-refractivity contribution in [1.82, 2.24) is 10.2 Å². The molecule has 6 heteroatoms. The molecule has 2 rings (SSSR count). The van der Waals surface area contributed by atoms with Crippen LogP contribution >= 0.6 is 0 Å². The van der Waals surface area contributed by atoms with Crippen molar-refractivity contribution in [3.05, 3.63) is 42.1 Å². The van der Waals surface area contributed by atoms with Crippen LogP contribution in [0.3, 0.4) is 0 Å². The lowest BCUT2D eigenvalue weighted by molar-refractivity contribution is 0.597. The number of hydrogen-bond donors (Lipinski definition) is 2. The molecule has 0 aliphatic carbocycles. The predicted octanol–water partition coefficient (Wildman–Crippen LogP) is 1.52. The summed E-state index contributed by atoms with van der Waals surface area (Å²) in [5, 5.41) is 6.06. The molecule has 0 saturated heterocycles. The Morgan fingerprint density at radius 1 is 1.19 bits per heavy atom. The number of hydrogen-bond acceptors (Lipinski definition) is 3. The van der Waals surface area contributed by atoms with Gasteiger partial charge >= 0.3 is 0 Å². The molecular weight excluding hydrogens is 226 g/mol. The van der Waals surface area contributed by atoms with Crippen molar-refractivity contribution in [3.63, 3.8) is 0 Å². The van der Waals surface area contributed by atoms with E-state index in [2.05, 4.69) is 14.9 Å². The Labute approximate surface area is 93.6 Å². The van der Waals surface area contributed by atoms with Crippen molar-refractivity contribution in [2.75, 3.05) is 4.72 Å². The van der Waals surface area contributed by atoms with Gasteiger partial charge in [0.1, 0.15) is 0 Å². The van der Waals surface area contributed by atoms with E-state index in [4.69, 9.17) is 0 Å². The summed E-state index contributed by atoms with van der Waals surface area (Å²) in [4.78, 5) is 0. The smallest absolute Gasteiger partial charge is 0.278 e. The van der Waals surface area contributed by atoms with Gasteiger partial charge in [-0.05, 0) is 25.1 Å². The molecule has 0 unspecified atom stereocenters. The van der Waals surface area contributed by atoms with E-state index in [1.807, 2.05) is 19.1 Å². The molecule has 2 N–H and O–H groups in total. The SMILES string of the molecule is Cc1ccc(NS(=O)(=O)c2ccn[nH]2)cc1. The maximum atomic E-state index is 11.8. The fraction of sp³-hybridized carbons (Fsp3) is 0.100. The van der Waals surface area contributed by atoms with Crippen LogP contribution in [0.5, 0.6) is 0 Å². The third kappa shape index (κ3) is 2.22. The fourth-order valence-electron chi connectivity index (χ4n) is 1.22. The maximum Gasteiger partial charge on any atom is 0.278 e. The monoisotopic (exact) mass is 237 g/mol. The summed E-state index contributed by atoms with van der Waals surface area (Å²) in [6.45, 7) is 1.94. The number of sulfonamides is 1. The van der Waals surface area contributed by atoms with Gasteiger partial charge in [0, 0.05) is 5.69 Å². The van der Waals surface area contributed by atoms with Crippen molar-refractivity contribution >= 4 is 15.7 Å². The van der Waals surface area contributed by atoms with Crippen LogP contribution < -0.4 is 4.72 Å². The number of anilines is 1. The summed E-state index contributed by atoms with van der Waals surface area (Å²) in [7, 11) is -3.55. The molecule has 1 aromatic carbocycles. The van der Waals surface area contributed by atoms with Crippen LogP contribution in [0, 0.1) is 6.92 Å². The topological polar surface area (TPSA) is 74.8 Å². The average molecular weight is 237 g/mol. The Morgan fingerprint density at radius 2 is 1.88 bits per heavy atom. The summed E-state index contributed by atoms with van der Waals surface area (Å²) in [5.41, 5.74) is 1.60. The number of rotatable bonds is 3. The zero-order valence-corrected chi connectivity index (χ0v) is 9.45. The first-order chi connectivity index (χ1) is 7.58. The van der Waals surface area contributed by atoms with Crippen LogP contribution in [0.15, 0.2) is 41.6 Å². The van der Waals surface area contributed by atoms with Crippen molar-refractivity contribution in [2.24, 2.45) is 0 Å². The second-order valence-corrected chi connectivity index (χ2v) is 5.04. The van der Waals surface area contributed by atoms with Gasteiger partial charge in [-0.15, -0.1) is 0 Å². The van der Waals surface area contributed by atoms with Crippen LogP contribution in [-0.2, 0) is 10.0 Å². The molecule has 0 aliphatic heterocycles. The van der Waals surface area contributed by atoms with E-state index in [9.17, 15) is 8.42 Å². The molecule has 0 fully saturated rings. The van der Waals surface area contributed by atoms with Gasteiger partial charge in [0.2, 0.25) is 0 Å². The summed E-state index contributed by atoms with van der Waals surface area (Å²) in [6.07, 6.45) is 1.39. The van der Waals surface area contributed by atoms with E-state index in [0.717, 1.165) is 5.56 Å². The first-order valence-electron chi connectivity index (χ1n) is 4.67. The van der Waals surface area contributed by atoms with Gasteiger partial charge in [-0.2, -0.15) is 13.5 Å². The molecule has 0 aliphatic rings. The largest absolute Gasteiger partial charge is 0.278 e. The zero-order chi connectivity index (χ0) is 11.6. The molecule has 0 amide bonds. The molecule has 5 nitrogen and oxygen atoms in total. The van der Waals surface area contributed by atoms with Crippen molar-refractivity contribution in [3.8, 4) is 0 Å². The quantitative estimate of drug-likeness (QED) is 0.849. The van der Waals surface area contributed by atoms with E-state index in [0.29, 0.717) is 5.69 Å². The van der Waals surface area contributed by atoms with Gasteiger partial charge in [-0.25, -0.2) is 0 Å². The first-order valence-corrected chi connectivity index (χ1v) is 6.15. The van der Waals surface area contributed by atoms with E-state index in [1.54, 1.807) is 12.1 Å². The highest BCUT2D eigenvalue weighted by Gasteiger charge is 2.14. The van der Waals surface area contributed by atoms with Gasteiger partial charge in [-0.3, -0.25) is 9.82 Å². The number of H-pyrrole nitrogens is 1. The molecule has 1 aromatic heterocycles. The molecule has 1 heterocycles. The van der Waals surface area contributed by atoms with Crippen LogP contribution in [0.2, 0.25) is 0 Å². The lowest BCUT2D eigenvalue weighted by Gasteiger charge is -2.05. The highest BCUT2D eigenvalue weighted by atomic mass is 32.2. The Hall–Kier alpha value is -1.82. The first kappa shape index (κ1) is 10.7. The Kier molecular flexibility index (Phi) is 2.66. The van der Waals surface area contributed by atoms with Crippen LogP contribution in [0.4, 0.5) is 5.69 Å². The van der Waals surface area contributed by atoms with Crippen molar-refractivity contribution in [1.29, 1.82) is 0 Å². The number of aromatic nitrogens is 2. The number of benzene rings is 1. The lowest BCUT2D eigenvalue weighted by atomic mass is 10.2. The van der Waals surface area contributed by atoms with Gasteiger partial charge in [0.25, 0.3) is 10.0 Å². The van der Waals surface area contributed by atoms with Gasteiger partial charge in [-0.1, -0.05) is 17.7 Å². The van der Waals surface area contributed by atoms with Crippen LogP contribution in [0.1, 0.15) is 5.56 Å². The Morgan fingerprint density at radius 3 is 2.44 bits per heavy atom. The minimum absolute atomic E-state index is 0.0491. The van der Waals surface area contributed by atoms with Crippen LogP contribution in [-0.4, -0.2) is 18.6 Å². The maximum absolute atomic E-state index is 11.8. The molecular formula is C10H11N3O2S. The fourth-order valence-corrected chi connectivity index (χ4v) is 2.19. The van der Waals surface area contributed by atoms with E-state index >= 15 is 0 Å². The predicted molar refractivity (Wildman–Crippen MR) is 60.6 cm³/mol. The normalized spacial score (nSPS) is 11.3. The van der Waals surface area contributed by atoms with E-state index in [1.165, 1.54) is 12.3 Å². The van der Waals surface area contributed by atoms with E-state index in [-0.39, 0.29) is 5.03 Å². The number of aromatic amines is 1. The minimum atomic E-state index is -3.55. The lowest BCUT2D eigenvalue weighted by Crippen LogP contribution is -2.13. The molecule has 0 saturated carbocycles. The molecule has 0 radical (unpaired) electrons. The summed E-state index contributed by atoms with van der Waals surface area (Å²) < 4.78 is 26.0. The average Bonchev–Trinajstić information content (AvgIpc) is 2.75. The highest BCUT2D eigenvalue weighted by Crippen LogP contribution is 2.14. The zero-order valence-electron chi connectivity index (χ0n) is 8.64. The van der Waals surface area contributed by atoms with Crippen molar-refractivity contribution < 1.29 is 8.42 Å². The molecule has 16 heavy (non-hydrogen) atoms. The van der Waals surface area contributed by atoms with Crippen LogP contribution in [0.25, 0.3) is 0 Å². The Bertz CT molecular complexity index is 559. The minimum Gasteiger partial charge on any atom is -0.278 e. The third-order valence-electron chi connectivity index (χ3n) is 2.07. The van der Waals surface area contributed by atoms with Crippen molar-refractivity contribution in [2.45, 2.75) is 11.9 Å². The Balaban J connectivity index is 2.25. The number of nitrogens with one attached hydrogen (secondary N) is 2. The molecule has 0 atom stereocenters. The van der Waals surface area contributed by atoms with Gasteiger partial charge < -0.3 is 0 Å². The standard InChI is InChI=1S/C10H11N3O2S/c1-8-2-4-9(5-3-8)13-16(14,15)10-6-7-11-12-10/h2-7,13H,1H3,(H,11,12). The molecule has 2 aromatic rings. The van der Waals surface area contributed by atoms with E-state index < -0.39 is 10.0 Å². The van der Waals surface area contributed by atoms with Gasteiger partial charge in [0.15, 0.2) is 5.03 Å². The number of nitrogens with zero attached hydrogens (tertiary/aromatic N) is 1. The second kappa shape index (κ2) is 3.97. The number of aryl methyl sites for hydroxylation is 1. The third-order valence-corrected chi connectivity index (χ3v) is 3.38. The molecule has 0 bridgehead atoms. The molecule has 84 valence electrons. The highest BCUT2D eigenvalue weighted by molar-refractivity contribution is 7.92. The summed E-state index contributed by atoms with van der Waals surface area (Å²) >= 11 is 0. The van der Waals surface area contributed by atoms with Gasteiger partial charge in [0.05, 0.1) is 6.20 Å². The summed E-state index contributed by atoms with van der Waals surface area (Å²) in [5.74, 6) is 0. The second-order valence-electron chi connectivity index (χ2n) is 3.39. The summed E-state index contributed by atoms with van der Waals surface area (Å²) in [6, 6.07) is 8.50.